The number of carbonyl (C=O) groups excluding carboxylic acids is 1. The van der Waals surface area contributed by atoms with Crippen LogP contribution in [0.3, 0.4) is 0 Å². The van der Waals surface area contributed by atoms with E-state index in [0.29, 0.717) is 25.0 Å². The van der Waals surface area contributed by atoms with E-state index in [1.54, 1.807) is 22.7 Å². The van der Waals surface area contributed by atoms with Gasteiger partial charge in [-0.15, -0.1) is 22.7 Å². The predicted octanol–water partition coefficient (Wildman–Crippen LogP) is 2.89. The van der Waals surface area contributed by atoms with Gasteiger partial charge in [0, 0.05) is 41.9 Å². The lowest BCUT2D eigenvalue weighted by Gasteiger charge is -2.24. The third-order valence-corrected chi connectivity index (χ3v) is 6.35. The lowest BCUT2D eigenvalue weighted by molar-refractivity contribution is -0.129. The van der Waals surface area contributed by atoms with Crippen LogP contribution in [0.25, 0.3) is 0 Å². The Bertz CT molecular complexity index is 667. The van der Waals surface area contributed by atoms with Gasteiger partial charge in [0.2, 0.25) is 5.91 Å². The highest BCUT2D eigenvalue weighted by Crippen LogP contribution is 2.34. The summed E-state index contributed by atoms with van der Waals surface area (Å²) in [6.45, 7) is 4.77. The van der Waals surface area contributed by atoms with Crippen molar-refractivity contribution in [2.24, 2.45) is 0 Å². The molecule has 4 nitrogen and oxygen atoms in total. The minimum atomic E-state index is 0.288. The summed E-state index contributed by atoms with van der Waals surface area (Å²) in [4.78, 5) is 22.9. The van der Waals surface area contributed by atoms with Crippen LogP contribution in [0.5, 0.6) is 0 Å². The lowest BCUT2D eigenvalue weighted by Crippen LogP contribution is -2.36. The van der Waals surface area contributed by atoms with Gasteiger partial charge in [0.15, 0.2) is 0 Å². The second-order valence-corrected chi connectivity index (χ2v) is 8.15. The third-order valence-electron chi connectivity index (χ3n) is 4.67. The summed E-state index contributed by atoms with van der Waals surface area (Å²) in [5.41, 5.74) is 1.04. The molecule has 0 aromatic carbocycles. The van der Waals surface area contributed by atoms with Crippen molar-refractivity contribution in [2.75, 3.05) is 6.54 Å². The molecule has 2 saturated heterocycles. The van der Waals surface area contributed by atoms with Crippen molar-refractivity contribution in [3.63, 3.8) is 0 Å². The van der Waals surface area contributed by atoms with Gasteiger partial charge in [-0.05, 0) is 24.8 Å². The summed E-state index contributed by atoms with van der Waals surface area (Å²) in [6.07, 6.45) is 1.75. The van der Waals surface area contributed by atoms with Crippen molar-refractivity contribution in [1.82, 2.24) is 14.8 Å². The number of fused-ring (bicyclic) bond motifs is 1. The summed E-state index contributed by atoms with van der Waals surface area (Å²) in [5, 5.41) is 5.28. The van der Waals surface area contributed by atoms with E-state index in [2.05, 4.69) is 37.7 Å². The molecule has 116 valence electrons. The molecule has 2 aromatic rings. The summed E-state index contributed by atoms with van der Waals surface area (Å²) < 4.78 is 0. The monoisotopic (exact) mass is 333 g/mol. The van der Waals surface area contributed by atoms with Crippen molar-refractivity contribution < 1.29 is 4.79 Å². The highest BCUT2D eigenvalue weighted by molar-refractivity contribution is 7.10. The maximum absolute atomic E-state index is 12.4. The number of thiazole rings is 1. The predicted molar refractivity (Wildman–Crippen MR) is 88.9 cm³/mol. The van der Waals surface area contributed by atoms with E-state index < -0.39 is 0 Å². The molecule has 0 saturated carbocycles. The molecular formula is C16H19N3OS2. The van der Waals surface area contributed by atoms with E-state index in [1.807, 2.05) is 6.92 Å². The maximum atomic E-state index is 12.4. The molecule has 0 aliphatic carbocycles. The molecule has 0 spiro atoms. The van der Waals surface area contributed by atoms with Crippen LogP contribution < -0.4 is 0 Å². The average Bonchev–Trinajstić information content (AvgIpc) is 3.23. The van der Waals surface area contributed by atoms with E-state index in [1.165, 1.54) is 4.88 Å². The third kappa shape index (κ3) is 2.59. The number of hydrogen-bond donors (Lipinski definition) is 0. The Morgan fingerprint density at radius 3 is 2.95 bits per heavy atom. The molecule has 2 atom stereocenters. The molecule has 4 heterocycles. The smallest absolute Gasteiger partial charge is 0.224 e. The first-order chi connectivity index (χ1) is 10.7. The molecule has 1 amide bonds. The first-order valence-corrected chi connectivity index (χ1v) is 9.43. The fourth-order valence-electron chi connectivity index (χ4n) is 3.67. The van der Waals surface area contributed by atoms with Crippen LogP contribution in [-0.2, 0) is 17.9 Å². The SMILES string of the molecule is Cc1nc(CN2C(=O)C[C@@H]3[C@@H]2CCN3Cc2cccs2)cs1. The summed E-state index contributed by atoms with van der Waals surface area (Å²) in [5.74, 6) is 0.288. The zero-order valence-corrected chi connectivity index (χ0v) is 14.2. The maximum Gasteiger partial charge on any atom is 0.224 e. The average molecular weight is 333 g/mol. The second-order valence-electron chi connectivity index (χ2n) is 6.06. The normalized spacial score (nSPS) is 25.1. The molecule has 2 aliphatic rings. The topological polar surface area (TPSA) is 36.4 Å². The van der Waals surface area contributed by atoms with Gasteiger partial charge in [-0.2, -0.15) is 0 Å². The van der Waals surface area contributed by atoms with Crippen LogP contribution in [0.1, 0.15) is 28.4 Å². The van der Waals surface area contributed by atoms with Crippen molar-refractivity contribution in [3.05, 3.63) is 38.5 Å². The molecule has 6 heteroatoms. The Morgan fingerprint density at radius 2 is 2.23 bits per heavy atom. The molecule has 22 heavy (non-hydrogen) atoms. The van der Waals surface area contributed by atoms with Crippen LogP contribution in [0.4, 0.5) is 0 Å². The number of rotatable bonds is 4. The molecule has 2 aliphatic heterocycles. The number of nitrogens with zero attached hydrogens (tertiary/aromatic N) is 3. The molecule has 0 unspecified atom stereocenters. The standard InChI is InChI=1S/C16H19N3OS2/c1-11-17-12(10-22-11)8-19-14-4-5-18(15(14)7-16(19)20)9-13-3-2-6-21-13/h2-3,6,10,14-15H,4-5,7-9H2,1H3/t14-,15+/m0/s1. The Balaban J connectivity index is 1.47. The fraction of sp³-hybridized carbons (Fsp3) is 0.500. The molecule has 2 aromatic heterocycles. The largest absolute Gasteiger partial charge is 0.332 e. The molecule has 4 rings (SSSR count). The highest BCUT2D eigenvalue weighted by atomic mass is 32.1. The number of amides is 1. The molecule has 0 radical (unpaired) electrons. The van der Waals surface area contributed by atoms with Crippen molar-refractivity contribution in [3.8, 4) is 0 Å². The van der Waals surface area contributed by atoms with E-state index in [0.717, 1.165) is 30.2 Å². The van der Waals surface area contributed by atoms with Crippen LogP contribution >= 0.6 is 22.7 Å². The quantitative estimate of drug-likeness (QED) is 0.863. The van der Waals surface area contributed by atoms with Gasteiger partial charge in [-0.25, -0.2) is 4.98 Å². The van der Waals surface area contributed by atoms with Crippen molar-refractivity contribution in [2.45, 2.75) is 44.9 Å². The van der Waals surface area contributed by atoms with Crippen molar-refractivity contribution >= 4 is 28.6 Å². The Labute approximate surface area is 138 Å². The molecule has 0 bridgehead atoms. The van der Waals surface area contributed by atoms with Gasteiger partial charge >= 0.3 is 0 Å². The van der Waals surface area contributed by atoms with E-state index >= 15 is 0 Å². The number of aryl methyl sites for hydroxylation is 1. The summed E-state index contributed by atoms with van der Waals surface area (Å²) >= 11 is 3.46. The number of aromatic nitrogens is 1. The van der Waals surface area contributed by atoms with Crippen LogP contribution in [0.15, 0.2) is 22.9 Å². The van der Waals surface area contributed by atoms with Gasteiger partial charge in [0.1, 0.15) is 0 Å². The van der Waals surface area contributed by atoms with Gasteiger partial charge in [-0.1, -0.05) is 6.07 Å². The molecule has 0 N–H and O–H groups in total. The summed E-state index contributed by atoms with van der Waals surface area (Å²) in [7, 11) is 0. The van der Waals surface area contributed by atoms with Gasteiger partial charge in [-0.3, -0.25) is 9.69 Å². The molecular weight excluding hydrogens is 314 g/mol. The number of carbonyl (C=O) groups is 1. The van der Waals surface area contributed by atoms with E-state index in [-0.39, 0.29) is 5.91 Å². The second kappa shape index (κ2) is 5.76. The minimum absolute atomic E-state index is 0.288. The zero-order chi connectivity index (χ0) is 15.1. The number of likely N-dealkylation sites (tertiary alicyclic amines) is 2. The number of hydrogen-bond acceptors (Lipinski definition) is 5. The summed E-state index contributed by atoms with van der Waals surface area (Å²) in [6, 6.07) is 5.04. The van der Waals surface area contributed by atoms with Gasteiger partial charge < -0.3 is 4.90 Å². The lowest BCUT2D eigenvalue weighted by atomic mass is 10.1. The van der Waals surface area contributed by atoms with Crippen LogP contribution in [-0.4, -0.2) is 39.3 Å². The Morgan fingerprint density at radius 1 is 1.32 bits per heavy atom. The van der Waals surface area contributed by atoms with Gasteiger partial charge in [0.05, 0.1) is 17.2 Å². The fourth-order valence-corrected chi connectivity index (χ4v) is 5.00. The Kier molecular flexibility index (Phi) is 3.76. The van der Waals surface area contributed by atoms with E-state index in [4.69, 9.17) is 0 Å². The zero-order valence-electron chi connectivity index (χ0n) is 12.6. The van der Waals surface area contributed by atoms with E-state index in [9.17, 15) is 4.79 Å². The Hall–Kier alpha value is -1.24. The minimum Gasteiger partial charge on any atom is -0.332 e. The molecule has 2 fully saturated rings. The highest BCUT2D eigenvalue weighted by Gasteiger charge is 2.46. The van der Waals surface area contributed by atoms with Crippen LogP contribution in [0, 0.1) is 6.92 Å². The van der Waals surface area contributed by atoms with Gasteiger partial charge in [0.25, 0.3) is 0 Å². The van der Waals surface area contributed by atoms with Crippen molar-refractivity contribution in [1.29, 1.82) is 0 Å². The first kappa shape index (κ1) is 14.4. The first-order valence-electron chi connectivity index (χ1n) is 7.67. The van der Waals surface area contributed by atoms with Crippen LogP contribution in [0.2, 0.25) is 0 Å². The number of thiophene rings is 1.